The number of hydrogen-bond donors (Lipinski definition) is 1. The van der Waals surface area contributed by atoms with Crippen LogP contribution >= 0.6 is 11.3 Å². The van der Waals surface area contributed by atoms with Gasteiger partial charge in [-0.1, -0.05) is 12.1 Å². The molecule has 0 radical (unpaired) electrons. The molecule has 116 valence electrons. The Morgan fingerprint density at radius 2 is 2.09 bits per heavy atom. The Labute approximate surface area is 136 Å². The van der Waals surface area contributed by atoms with Crippen LogP contribution in [-0.2, 0) is 4.79 Å². The van der Waals surface area contributed by atoms with Gasteiger partial charge in [-0.05, 0) is 35.2 Å². The summed E-state index contributed by atoms with van der Waals surface area (Å²) >= 11 is 1.27. The Kier molecular flexibility index (Phi) is 5.12. The maximum atomic E-state index is 12.0. The van der Waals surface area contributed by atoms with E-state index < -0.39 is 11.9 Å². The second-order valence-electron chi connectivity index (χ2n) is 4.31. The molecule has 1 aromatic carbocycles. The minimum atomic E-state index is -0.820. The molecule has 1 amide bonds. The number of benzene rings is 1. The Morgan fingerprint density at radius 3 is 2.65 bits per heavy atom. The van der Waals surface area contributed by atoms with Crippen LogP contribution in [0.2, 0.25) is 0 Å². The van der Waals surface area contributed by atoms with Crippen molar-refractivity contribution in [2.45, 2.75) is 0 Å². The standard InChI is InChI=1S/C16H12N2O4S/c1-21-13-8-10(7-11(9-17)15(18)19)4-5-12(13)22-16(20)14-3-2-6-23-14/h2-8H,1H3,(H2,18,19)/b11-7+. The first-order valence-electron chi connectivity index (χ1n) is 6.40. The first kappa shape index (κ1) is 16.3. The normalized spacial score (nSPS) is 10.7. The van der Waals surface area contributed by atoms with E-state index in [1.807, 2.05) is 0 Å². The lowest BCUT2D eigenvalue weighted by Crippen LogP contribution is -2.12. The van der Waals surface area contributed by atoms with Crippen molar-refractivity contribution in [3.63, 3.8) is 0 Å². The van der Waals surface area contributed by atoms with E-state index in [-0.39, 0.29) is 11.3 Å². The number of rotatable bonds is 5. The number of carbonyl (C=O) groups excluding carboxylic acids is 2. The number of carbonyl (C=O) groups is 2. The van der Waals surface area contributed by atoms with E-state index in [0.717, 1.165) is 0 Å². The number of esters is 1. The van der Waals surface area contributed by atoms with Gasteiger partial charge >= 0.3 is 5.97 Å². The average Bonchev–Trinajstić information content (AvgIpc) is 3.07. The zero-order valence-electron chi connectivity index (χ0n) is 12.1. The molecule has 0 aliphatic rings. The van der Waals surface area contributed by atoms with Gasteiger partial charge < -0.3 is 15.2 Å². The molecule has 0 bridgehead atoms. The van der Waals surface area contributed by atoms with Crippen LogP contribution in [0.4, 0.5) is 0 Å². The predicted molar refractivity (Wildman–Crippen MR) is 85.1 cm³/mol. The molecule has 1 aromatic heterocycles. The second-order valence-corrected chi connectivity index (χ2v) is 5.26. The molecule has 0 atom stereocenters. The molecule has 6 nitrogen and oxygen atoms in total. The van der Waals surface area contributed by atoms with E-state index in [4.69, 9.17) is 20.5 Å². The third kappa shape index (κ3) is 3.96. The van der Waals surface area contributed by atoms with Crippen LogP contribution in [0.3, 0.4) is 0 Å². The second kappa shape index (κ2) is 7.24. The minimum absolute atomic E-state index is 0.185. The van der Waals surface area contributed by atoms with Gasteiger partial charge in [0.1, 0.15) is 16.5 Å². The Hall–Kier alpha value is -3.11. The molecule has 0 spiro atoms. The molecule has 23 heavy (non-hydrogen) atoms. The van der Waals surface area contributed by atoms with Crippen LogP contribution in [0.25, 0.3) is 6.08 Å². The lowest BCUT2D eigenvalue weighted by molar-refractivity contribution is -0.114. The van der Waals surface area contributed by atoms with Gasteiger partial charge in [0.15, 0.2) is 11.5 Å². The molecule has 0 saturated carbocycles. The molecule has 0 unspecified atom stereocenters. The smallest absolute Gasteiger partial charge is 0.353 e. The molecule has 2 rings (SSSR count). The van der Waals surface area contributed by atoms with Gasteiger partial charge in [-0.2, -0.15) is 5.26 Å². The van der Waals surface area contributed by atoms with Crippen molar-refractivity contribution in [2.75, 3.05) is 7.11 Å². The van der Waals surface area contributed by atoms with Crippen molar-refractivity contribution in [2.24, 2.45) is 5.73 Å². The van der Waals surface area contributed by atoms with E-state index in [1.165, 1.54) is 36.7 Å². The predicted octanol–water partition coefficient (Wildman–Crippen LogP) is 2.37. The number of hydrogen-bond acceptors (Lipinski definition) is 6. The number of nitrogens with zero attached hydrogens (tertiary/aromatic N) is 1. The lowest BCUT2D eigenvalue weighted by Gasteiger charge is -2.09. The fourth-order valence-electron chi connectivity index (χ4n) is 1.73. The molecular formula is C16H12N2O4S. The average molecular weight is 328 g/mol. The van der Waals surface area contributed by atoms with Gasteiger partial charge in [-0.15, -0.1) is 11.3 Å². The zero-order valence-corrected chi connectivity index (χ0v) is 12.9. The third-order valence-electron chi connectivity index (χ3n) is 2.81. The van der Waals surface area contributed by atoms with E-state index in [0.29, 0.717) is 16.2 Å². The highest BCUT2D eigenvalue weighted by atomic mass is 32.1. The number of nitriles is 1. The van der Waals surface area contributed by atoms with Crippen molar-refractivity contribution in [3.8, 4) is 17.6 Å². The highest BCUT2D eigenvalue weighted by molar-refractivity contribution is 7.12. The van der Waals surface area contributed by atoms with Crippen LogP contribution in [-0.4, -0.2) is 19.0 Å². The van der Waals surface area contributed by atoms with Crippen molar-refractivity contribution in [3.05, 3.63) is 51.7 Å². The number of nitrogens with two attached hydrogens (primary N) is 1. The monoisotopic (exact) mass is 328 g/mol. The number of primary amides is 1. The number of methoxy groups -OCH3 is 1. The van der Waals surface area contributed by atoms with Crippen molar-refractivity contribution in [1.29, 1.82) is 5.26 Å². The minimum Gasteiger partial charge on any atom is -0.493 e. The molecule has 2 N–H and O–H groups in total. The zero-order chi connectivity index (χ0) is 16.8. The SMILES string of the molecule is COc1cc(/C=C(\C#N)C(N)=O)ccc1OC(=O)c1cccs1. The highest BCUT2D eigenvalue weighted by Gasteiger charge is 2.14. The van der Waals surface area contributed by atoms with Crippen LogP contribution in [0, 0.1) is 11.3 Å². The molecule has 7 heteroatoms. The molecule has 1 heterocycles. The lowest BCUT2D eigenvalue weighted by atomic mass is 10.1. The summed E-state index contributed by atoms with van der Waals surface area (Å²) in [6.07, 6.45) is 1.33. The summed E-state index contributed by atoms with van der Waals surface area (Å²) in [6, 6.07) is 9.76. The fourth-order valence-corrected chi connectivity index (χ4v) is 2.33. The fraction of sp³-hybridized carbons (Fsp3) is 0.0625. The van der Waals surface area contributed by atoms with Gasteiger partial charge in [-0.3, -0.25) is 4.79 Å². The quantitative estimate of drug-likeness (QED) is 0.393. The van der Waals surface area contributed by atoms with Gasteiger partial charge in [0.2, 0.25) is 0 Å². The van der Waals surface area contributed by atoms with Crippen molar-refractivity contribution >= 4 is 29.3 Å². The maximum Gasteiger partial charge on any atom is 0.353 e. The van der Waals surface area contributed by atoms with E-state index in [9.17, 15) is 9.59 Å². The van der Waals surface area contributed by atoms with Crippen molar-refractivity contribution in [1.82, 2.24) is 0 Å². The van der Waals surface area contributed by atoms with E-state index in [2.05, 4.69) is 0 Å². The highest BCUT2D eigenvalue weighted by Crippen LogP contribution is 2.30. The summed E-state index contributed by atoms with van der Waals surface area (Å²) in [5.74, 6) is -0.776. The largest absolute Gasteiger partial charge is 0.493 e. The summed E-state index contributed by atoms with van der Waals surface area (Å²) in [5.41, 5.74) is 5.42. The number of ether oxygens (including phenoxy) is 2. The van der Waals surface area contributed by atoms with Crippen LogP contribution in [0.15, 0.2) is 41.3 Å². The molecule has 2 aromatic rings. The third-order valence-corrected chi connectivity index (χ3v) is 3.66. The van der Waals surface area contributed by atoms with Gasteiger partial charge in [0.25, 0.3) is 5.91 Å². The summed E-state index contributed by atoms with van der Waals surface area (Å²) in [4.78, 5) is 23.5. The van der Waals surface area contributed by atoms with Crippen LogP contribution < -0.4 is 15.2 Å². The molecular weight excluding hydrogens is 316 g/mol. The molecule has 0 fully saturated rings. The Bertz CT molecular complexity index is 804. The molecule has 0 aliphatic carbocycles. The van der Waals surface area contributed by atoms with Gasteiger partial charge in [0, 0.05) is 0 Å². The Morgan fingerprint density at radius 1 is 1.30 bits per heavy atom. The number of thiophene rings is 1. The van der Waals surface area contributed by atoms with Crippen molar-refractivity contribution < 1.29 is 19.1 Å². The van der Waals surface area contributed by atoms with E-state index >= 15 is 0 Å². The summed E-state index contributed by atoms with van der Waals surface area (Å²) in [7, 11) is 1.42. The first-order chi connectivity index (χ1) is 11.0. The summed E-state index contributed by atoms with van der Waals surface area (Å²) < 4.78 is 10.5. The number of amides is 1. The topological polar surface area (TPSA) is 102 Å². The summed E-state index contributed by atoms with van der Waals surface area (Å²) in [5, 5.41) is 10.6. The van der Waals surface area contributed by atoms with Gasteiger partial charge in [0.05, 0.1) is 7.11 Å². The van der Waals surface area contributed by atoms with E-state index in [1.54, 1.807) is 29.6 Å². The molecule has 0 saturated heterocycles. The maximum absolute atomic E-state index is 12.0. The van der Waals surface area contributed by atoms with Crippen LogP contribution in [0.1, 0.15) is 15.2 Å². The Balaban J connectivity index is 2.28. The summed E-state index contributed by atoms with van der Waals surface area (Å²) in [6.45, 7) is 0. The van der Waals surface area contributed by atoms with Crippen LogP contribution in [0.5, 0.6) is 11.5 Å². The van der Waals surface area contributed by atoms with Gasteiger partial charge in [-0.25, -0.2) is 4.79 Å². The molecule has 0 aliphatic heterocycles. The first-order valence-corrected chi connectivity index (χ1v) is 7.28.